The van der Waals surface area contributed by atoms with Crippen LogP contribution in [-0.2, 0) is 10.8 Å². The number of fused-ring (bicyclic) bond motifs is 17. The summed E-state index contributed by atoms with van der Waals surface area (Å²) in [5.74, 6) is 0. The Balaban J connectivity index is 0.889. The molecule has 13 aromatic carbocycles. The van der Waals surface area contributed by atoms with Crippen molar-refractivity contribution in [3.05, 3.63) is 337 Å². The summed E-state index contributed by atoms with van der Waals surface area (Å²) in [7, 11) is 0. The van der Waals surface area contributed by atoms with Gasteiger partial charge in [-0.25, -0.2) is 0 Å². The lowest BCUT2D eigenvalue weighted by Gasteiger charge is -2.31. The minimum atomic E-state index is -0.548. The molecule has 0 atom stereocenters. The number of hydrogen-bond acceptors (Lipinski definition) is 1. The molecule has 0 saturated carbocycles. The topological polar surface area (TPSA) is 8.17 Å². The van der Waals surface area contributed by atoms with Crippen LogP contribution in [0.25, 0.3) is 105 Å². The number of aromatic nitrogens is 1. The van der Waals surface area contributed by atoms with Gasteiger partial charge in [0.25, 0.3) is 0 Å². The van der Waals surface area contributed by atoms with Crippen molar-refractivity contribution in [2.75, 3.05) is 4.90 Å². The smallest absolute Gasteiger partial charge is 0.0746 e. The van der Waals surface area contributed by atoms with Crippen molar-refractivity contribution >= 4 is 38.9 Å². The number of anilines is 3. The van der Waals surface area contributed by atoms with E-state index in [-0.39, 0.29) is 5.41 Å². The van der Waals surface area contributed by atoms with Crippen molar-refractivity contribution in [3.63, 3.8) is 0 Å². The Morgan fingerprint density at radius 1 is 0.286 bits per heavy atom. The lowest BCUT2D eigenvalue weighted by Crippen LogP contribution is -2.26. The first kappa shape index (κ1) is 48.2. The molecule has 17 rings (SSSR count). The maximum atomic E-state index is 2.59. The normalized spacial score (nSPS) is 13.5. The molecule has 0 fully saturated rings. The van der Waals surface area contributed by atoms with Crippen LogP contribution in [0.1, 0.15) is 47.2 Å². The van der Waals surface area contributed by atoms with Gasteiger partial charge in [-0.3, -0.25) is 0 Å². The fraction of sp³-hybridized carbons (Fsp3) is 0.0488. The van der Waals surface area contributed by atoms with E-state index in [0.717, 1.165) is 33.9 Å². The van der Waals surface area contributed by atoms with Gasteiger partial charge in [0.1, 0.15) is 0 Å². The lowest BCUT2D eigenvalue weighted by molar-refractivity contribution is 0.660. The van der Waals surface area contributed by atoms with Crippen LogP contribution >= 0.6 is 0 Å². The van der Waals surface area contributed by atoms with Crippen LogP contribution in [0.4, 0.5) is 17.1 Å². The van der Waals surface area contributed by atoms with Crippen LogP contribution in [-0.4, -0.2) is 4.57 Å². The fourth-order valence-corrected chi connectivity index (χ4v) is 15.1. The lowest BCUT2D eigenvalue weighted by atomic mass is 9.70. The van der Waals surface area contributed by atoms with E-state index in [4.69, 9.17) is 0 Å². The van der Waals surface area contributed by atoms with E-state index in [1.807, 2.05) is 0 Å². The average molecular weight is 1070 g/mol. The Bertz CT molecular complexity index is 4920. The molecular weight excluding hydrogens is 1010 g/mol. The summed E-state index contributed by atoms with van der Waals surface area (Å²) in [5, 5.41) is 2.44. The molecule has 0 bridgehead atoms. The first-order chi connectivity index (χ1) is 41.4. The second-order valence-electron chi connectivity index (χ2n) is 23.5. The van der Waals surface area contributed by atoms with Crippen molar-refractivity contribution in [2.45, 2.75) is 24.7 Å². The summed E-state index contributed by atoms with van der Waals surface area (Å²) in [6, 6.07) is 113. The van der Waals surface area contributed by atoms with E-state index in [2.05, 4.69) is 327 Å². The van der Waals surface area contributed by atoms with Crippen LogP contribution in [0.15, 0.2) is 303 Å². The molecule has 1 heterocycles. The second-order valence-corrected chi connectivity index (χ2v) is 23.5. The highest BCUT2D eigenvalue weighted by molar-refractivity contribution is 6.16. The summed E-state index contributed by atoms with van der Waals surface area (Å²) < 4.78 is 2.59. The molecule has 2 nitrogen and oxygen atoms in total. The highest BCUT2D eigenvalue weighted by Crippen LogP contribution is 2.65. The van der Waals surface area contributed by atoms with E-state index in [1.54, 1.807) is 0 Å². The Morgan fingerprint density at radius 3 is 1.43 bits per heavy atom. The molecule has 394 valence electrons. The van der Waals surface area contributed by atoms with Crippen LogP contribution in [0.2, 0.25) is 0 Å². The van der Waals surface area contributed by atoms with Crippen LogP contribution in [0, 0.1) is 0 Å². The van der Waals surface area contributed by atoms with Gasteiger partial charge < -0.3 is 9.47 Å². The average Bonchev–Trinajstić information content (AvgIpc) is 2.00. The molecule has 0 saturated heterocycles. The van der Waals surface area contributed by atoms with Gasteiger partial charge in [0.05, 0.1) is 22.1 Å². The molecule has 1 aromatic heterocycles. The molecule has 14 aromatic rings. The van der Waals surface area contributed by atoms with Crippen LogP contribution in [0.3, 0.4) is 0 Å². The van der Waals surface area contributed by atoms with Gasteiger partial charge in [0.2, 0.25) is 0 Å². The van der Waals surface area contributed by atoms with Crippen molar-refractivity contribution < 1.29 is 0 Å². The van der Waals surface area contributed by atoms with Gasteiger partial charge in [0, 0.05) is 44.4 Å². The molecule has 1 spiro atoms. The van der Waals surface area contributed by atoms with Gasteiger partial charge in [0.15, 0.2) is 0 Å². The van der Waals surface area contributed by atoms with Crippen LogP contribution < -0.4 is 4.90 Å². The van der Waals surface area contributed by atoms with Crippen LogP contribution in [0.5, 0.6) is 0 Å². The minimum absolute atomic E-state index is 0.167. The van der Waals surface area contributed by atoms with E-state index in [0.29, 0.717) is 0 Å². The molecule has 0 radical (unpaired) electrons. The number of benzene rings is 13. The van der Waals surface area contributed by atoms with Gasteiger partial charge >= 0.3 is 0 Å². The van der Waals surface area contributed by atoms with E-state index < -0.39 is 5.41 Å². The highest BCUT2D eigenvalue weighted by Gasteiger charge is 2.53. The predicted molar refractivity (Wildman–Crippen MR) is 351 cm³/mol. The van der Waals surface area contributed by atoms with E-state index in [1.165, 1.54) is 122 Å². The summed E-state index contributed by atoms with van der Waals surface area (Å²) >= 11 is 0. The number of rotatable bonds is 8. The molecule has 0 N–H and O–H groups in total. The second kappa shape index (κ2) is 18.5. The largest absolute Gasteiger partial charge is 0.310 e. The Kier molecular flexibility index (Phi) is 10.6. The molecular formula is C82H56N2. The summed E-state index contributed by atoms with van der Waals surface area (Å²) in [6.45, 7) is 4.75. The van der Waals surface area contributed by atoms with Crippen molar-refractivity contribution in [1.29, 1.82) is 0 Å². The van der Waals surface area contributed by atoms with Crippen molar-refractivity contribution in [2.24, 2.45) is 0 Å². The quantitative estimate of drug-likeness (QED) is 0.147. The predicted octanol–water partition coefficient (Wildman–Crippen LogP) is 21.6. The molecule has 3 aliphatic carbocycles. The van der Waals surface area contributed by atoms with Gasteiger partial charge in [-0.05, 0) is 155 Å². The van der Waals surface area contributed by atoms with Gasteiger partial charge in [-0.15, -0.1) is 0 Å². The standard InChI is InChI=1S/C82H56N2/c1-81(2)72-35-16-11-30-63(72)67-46-45-60(52-76(67)81)83(58-43-40-55(41-44-58)53-22-5-3-6-23-53)77-39-20-15-34-68(77)62-29-10-9-28-61(62)57-42-49-78-71(51-57)70-48-47-69-66-33-14-19-38-75(66)82(73-36-17-12-31-64(73)65-32-13-18-37-74(65)82)79(69)80(70)84(78)59-27-21-26-56(50-59)54-24-7-4-8-25-54/h3-52H,1-2H3. The zero-order valence-corrected chi connectivity index (χ0v) is 46.8. The Morgan fingerprint density at radius 2 is 0.762 bits per heavy atom. The third-order valence-corrected chi connectivity index (χ3v) is 18.8. The zero-order chi connectivity index (χ0) is 55.7. The van der Waals surface area contributed by atoms with Crippen molar-refractivity contribution in [3.8, 4) is 83.6 Å². The number of para-hydroxylation sites is 1. The first-order valence-electron chi connectivity index (χ1n) is 29.4. The first-order valence-corrected chi connectivity index (χ1v) is 29.4. The third kappa shape index (κ3) is 6.92. The van der Waals surface area contributed by atoms with Gasteiger partial charge in [-0.2, -0.15) is 0 Å². The SMILES string of the molecule is CC1(C)c2ccccc2-c2ccc(N(c3ccc(-c4ccccc4)cc3)c3ccccc3-c3ccccc3-c3ccc4c(c3)c3ccc5c(c3n4-c3cccc(-c4ccccc4)c3)C3(c4ccccc4-c4ccccc43)c3ccccc3-5)cc21. The van der Waals surface area contributed by atoms with Crippen molar-refractivity contribution in [1.82, 2.24) is 4.57 Å². The molecule has 84 heavy (non-hydrogen) atoms. The van der Waals surface area contributed by atoms with Gasteiger partial charge in [-0.1, -0.05) is 263 Å². The molecule has 0 amide bonds. The molecule has 2 heteroatoms. The molecule has 3 aliphatic rings. The summed E-state index contributed by atoms with van der Waals surface area (Å²) in [5.41, 5.74) is 31.4. The van der Waals surface area contributed by atoms with E-state index in [9.17, 15) is 0 Å². The zero-order valence-electron chi connectivity index (χ0n) is 46.8. The Hall–Kier alpha value is -10.5. The molecule has 0 aliphatic heterocycles. The maximum Gasteiger partial charge on any atom is 0.0746 e. The maximum absolute atomic E-state index is 2.59. The number of hydrogen-bond donors (Lipinski definition) is 0. The fourth-order valence-electron chi connectivity index (χ4n) is 15.1. The minimum Gasteiger partial charge on any atom is -0.310 e. The monoisotopic (exact) mass is 1070 g/mol. The summed E-state index contributed by atoms with van der Waals surface area (Å²) in [4.78, 5) is 2.48. The Labute approximate surface area is 490 Å². The molecule has 0 unspecified atom stereocenters. The highest BCUT2D eigenvalue weighted by atomic mass is 15.1. The third-order valence-electron chi connectivity index (χ3n) is 18.8. The van der Waals surface area contributed by atoms with E-state index >= 15 is 0 Å². The number of nitrogens with zero attached hydrogens (tertiary/aromatic N) is 2. The summed E-state index contributed by atoms with van der Waals surface area (Å²) in [6.07, 6.45) is 0.